The van der Waals surface area contributed by atoms with Crippen LogP contribution in [0.25, 0.3) is 0 Å². The monoisotopic (exact) mass is 523 g/mol. The third kappa shape index (κ3) is 6.26. The number of alkyl halides is 3. The van der Waals surface area contributed by atoms with E-state index in [-0.39, 0.29) is 29.4 Å². The van der Waals surface area contributed by atoms with Crippen LogP contribution >= 0.6 is 0 Å². The first-order valence-corrected chi connectivity index (χ1v) is 14.1. The van der Waals surface area contributed by atoms with E-state index in [2.05, 4.69) is 29.0 Å². The Morgan fingerprint density at radius 2 is 1.83 bits per heavy atom. The van der Waals surface area contributed by atoms with Gasteiger partial charge in [-0.15, -0.1) is 0 Å². The number of hydrogen-bond acceptors (Lipinski definition) is 5. The average molecular weight is 524 g/mol. The van der Waals surface area contributed by atoms with Crippen LogP contribution in [0.5, 0.6) is 0 Å². The predicted molar refractivity (Wildman–Crippen MR) is 131 cm³/mol. The van der Waals surface area contributed by atoms with Crippen LogP contribution in [-0.4, -0.2) is 42.3 Å². The Morgan fingerprint density at radius 3 is 2.44 bits per heavy atom. The van der Waals surface area contributed by atoms with Gasteiger partial charge in [0.15, 0.2) is 0 Å². The number of hydrogen-bond donors (Lipinski definition) is 1. The molecule has 1 saturated heterocycles. The Hall–Kier alpha value is -2.46. The van der Waals surface area contributed by atoms with E-state index in [4.69, 9.17) is 0 Å². The summed E-state index contributed by atoms with van der Waals surface area (Å²) >= 11 is 0. The van der Waals surface area contributed by atoms with Gasteiger partial charge in [-0.05, 0) is 60.4 Å². The van der Waals surface area contributed by atoms with Gasteiger partial charge in [-0.25, -0.2) is 8.42 Å². The van der Waals surface area contributed by atoms with Crippen molar-refractivity contribution in [3.05, 3.63) is 64.5 Å². The third-order valence-corrected chi connectivity index (χ3v) is 8.84. The number of carbonyl (C=O) groups excluding carboxylic acids is 1. The van der Waals surface area contributed by atoms with Crippen molar-refractivity contribution in [2.45, 2.75) is 58.4 Å². The number of benzene rings is 1. The van der Waals surface area contributed by atoms with Gasteiger partial charge in [0.1, 0.15) is 9.84 Å². The normalized spacial score (nSPS) is 20.4. The highest BCUT2D eigenvalue weighted by Crippen LogP contribution is 2.39. The van der Waals surface area contributed by atoms with E-state index in [0.29, 0.717) is 44.0 Å². The summed E-state index contributed by atoms with van der Waals surface area (Å²) in [5.74, 6) is 0.765. The third-order valence-electron chi connectivity index (χ3n) is 7.12. The smallest absolute Gasteiger partial charge is 0.352 e. The zero-order valence-electron chi connectivity index (χ0n) is 20.5. The number of rotatable bonds is 7. The molecule has 0 aliphatic carbocycles. The van der Waals surface area contributed by atoms with Crippen LogP contribution in [0.4, 0.5) is 13.2 Å². The molecule has 1 atom stereocenters. The summed E-state index contributed by atoms with van der Waals surface area (Å²) in [6, 6.07) is 7.09. The number of nitrogens with zero attached hydrogens (tertiary/aromatic N) is 2. The van der Waals surface area contributed by atoms with Gasteiger partial charge in [0, 0.05) is 25.8 Å². The summed E-state index contributed by atoms with van der Waals surface area (Å²) in [7, 11) is -2.89. The predicted octanol–water partition coefficient (Wildman–Crippen LogP) is 4.76. The molecule has 36 heavy (non-hydrogen) atoms. The van der Waals surface area contributed by atoms with E-state index in [1.807, 2.05) is 6.07 Å². The molecular weight excluding hydrogens is 491 g/mol. The molecular formula is C26H32F3N3O3S. The first-order chi connectivity index (χ1) is 16.9. The van der Waals surface area contributed by atoms with Gasteiger partial charge in [0.2, 0.25) is 0 Å². The van der Waals surface area contributed by atoms with Crippen molar-refractivity contribution in [2.24, 2.45) is 11.8 Å². The van der Waals surface area contributed by atoms with Crippen molar-refractivity contribution in [1.82, 2.24) is 15.2 Å². The highest BCUT2D eigenvalue weighted by molar-refractivity contribution is 7.91. The molecule has 10 heteroatoms. The molecule has 0 radical (unpaired) electrons. The zero-order valence-corrected chi connectivity index (χ0v) is 21.3. The summed E-state index contributed by atoms with van der Waals surface area (Å²) in [6.07, 6.45) is -0.747. The fourth-order valence-corrected chi connectivity index (χ4v) is 6.76. The first-order valence-electron chi connectivity index (χ1n) is 12.3. The number of aromatic nitrogens is 1. The molecule has 1 unspecified atom stereocenters. The van der Waals surface area contributed by atoms with Gasteiger partial charge in [0.25, 0.3) is 5.91 Å². The van der Waals surface area contributed by atoms with Gasteiger partial charge < -0.3 is 5.32 Å². The zero-order chi connectivity index (χ0) is 26.1. The molecule has 1 aromatic heterocycles. The maximum atomic E-state index is 12.9. The van der Waals surface area contributed by atoms with Crippen molar-refractivity contribution in [3.63, 3.8) is 0 Å². The summed E-state index contributed by atoms with van der Waals surface area (Å²) in [5, 5.41) is 2.93. The minimum absolute atomic E-state index is 0.00184. The molecule has 0 bridgehead atoms. The van der Waals surface area contributed by atoms with E-state index in [1.54, 1.807) is 6.20 Å². The fourth-order valence-electron chi connectivity index (χ4n) is 5.17. The van der Waals surface area contributed by atoms with Crippen LogP contribution in [0.2, 0.25) is 0 Å². The van der Waals surface area contributed by atoms with Crippen molar-refractivity contribution in [3.8, 4) is 0 Å². The number of nitrogens with one attached hydrogen (secondary N) is 1. The molecule has 1 N–H and O–H groups in total. The lowest BCUT2D eigenvalue weighted by Gasteiger charge is -2.27. The number of sulfone groups is 1. The number of amides is 1. The van der Waals surface area contributed by atoms with E-state index in [1.165, 1.54) is 12.1 Å². The van der Waals surface area contributed by atoms with Crippen LogP contribution in [0.1, 0.15) is 71.9 Å². The molecule has 0 spiro atoms. The number of carbonyl (C=O) groups is 1. The van der Waals surface area contributed by atoms with Gasteiger partial charge in [-0.1, -0.05) is 26.0 Å². The molecule has 4 rings (SSSR count). The molecule has 2 aliphatic rings. The molecule has 1 aromatic carbocycles. The molecule has 196 valence electrons. The quantitative estimate of drug-likeness (QED) is 0.566. The number of pyridine rings is 1. The molecule has 1 fully saturated rings. The van der Waals surface area contributed by atoms with Crippen LogP contribution in [0.3, 0.4) is 0 Å². The van der Waals surface area contributed by atoms with Crippen LogP contribution < -0.4 is 5.32 Å². The van der Waals surface area contributed by atoms with Gasteiger partial charge in [-0.3, -0.25) is 14.7 Å². The summed E-state index contributed by atoms with van der Waals surface area (Å²) in [6.45, 7) is 5.69. The second-order valence-corrected chi connectivity index (χ2v) is 12.5. The van der Waals surface area contributed by atoms with Crippen molar-refractivity contribution < 1.29 is 26.4 Å². The van der Waals surface area contributed by atoms with Gasteiger partial charge in [-0.2, -0.15) is 13.2 Å². The highest BCUT2D eigenvalue weighted by Gasteiger charge is 2.35. The summed E-state index contributed by atoms with van der Waals surface area (Å²) < 4.78 is 61.9. The Labute approximate surface area is 210 Å². The Kier molecular flexibility index (Phi) is 7.75. The van der Waals surface area contributed by atoms with Gasteiger partial charge >= 0.3 is 6.18 Å². The van der Waals surface area contributed by atoms with Crippen molar-refractivity contribution in [1.29, 1.82) is 0 Å². The largest absolute Gasteiger partial charge is 0.416 e. The maximum Gasteiger partial charge on any atom is 0.416 e. The average Bonchev–Trinajstić information content (AvgIpc) is 3.17. The van der Waals surface area contributed by atoms with E-state index in [9.17, 15) is 26.4 Å². The van der Waals surface area contributed by atoms with E-state index in [0.717, 1.165) is 35.4 Å². The fraction of sp³-hybridized carbons (Fsp3) is 0.538. The Morgan fingerprint density at radius 1 is 1.17 bits per heavy atom. The van der Waals surface area contributed by atoms with E-state index >= 15 is 0 Å². The lowest BCUT2D eigenvalue weighted by Crippen LogP contribution is -2.29. The van der Waals surface area contributed by atoms with Crippen molar-refractivity contribution in [2.75, 3.05) is 18.1 Å². The molecule has 2 aromatic rings. The van der Waals surface area contributed by atoms with E-state index < -0.39 is 21.6 Å². The number of halogens is 3. The lowest BCUT2D eigenvalue weighted by atomic mass is 9.98. The molecule has 1 amide bonds. The SMILES string of the molecule is CC(C)C1c2ncc(C(=O)NCCC3CCS(=O)(=O)CC3)cc2CN1Cc1ccc(C(F)(F)F)cc1. The molecule has 2 aliphatic heterocycles. The number of fused-ring (bicyclic) bond motifs is 1. The Balaban J connectivity index is 1.38. The van der Waals surface area contributed by atoms with Gasteiger partial charge in [0.05, 0.1) is 34.4 Å². The van der Waals surface area contributed by atoms with Crippen LogP contribution in [0, 0.1) is 11.8 Å². The summed E-state index contributed by atoms with van der Waals surface area (Å²) in [4.78, 5) is 19.5. The summed E-state index contributed by atoms with van der Waals surface area (Å²) in [5.41, 5.74) is 2.44. The Bertz CT molecular complexity index is 1180. The van der Waals surface area contributed by atoms with Crippen LogP contribution in [0.15, 0.2) is 36.5 Å². The topological polar surface area (TPSA) is 79.4 Å². The molecule has 0 saturated carbocycles. The second-order valence-electron chi connectivity index (χ2n) is 10.2. The maximum absolute atomic E-state index is 12.9. The molecule has 6 nitrogen and oxygen atoms in total. The first kappa shape index (κ1) is 26.6. The molecule has 3 heterocycles. The second kappa shape index (κ2) is 10.5. The van der Waals surface area contributed by atoms with Crippen molar-refractivity contribution >= 4 is 15.7 Å². The van der Waals surface area contributed by atoms with Crippen LogP contribution in [-0.2, 0) is 29.1 Å². The minimum atomic E-state index is -4.36. The standard InChI is InChI=1S/C26H32F3N3O3S/c1-17(2)24-23-21(16-32(24)15-19-3-5-22(6-4-19)26(27,28)29)13-20(14-31-23)25(33)30-10-7-18-8-11-36(34,35)12-9-18/h3-6,13-14,17-18,24H,7-12,15-16H2,1-2H3,(H,30,33). The highest BCUT2D eigenvalue weighted by atomic mass is 32.2. The minimum Gasteiger partial charge on any atom is -0.352 e. The lowest BCUT2D eigenvalue weighted by molar-refractivity contribution is -0.137.